The van der Waals surface area contributed by atoms with Gasteiger partial charge in [0.1, 0.15) is 5.75 Å². The molecular formula is C24H29N3O. The number of benzene rings is 1. The lowest BCUT2D eigenvalue weighted by Gasteiger charge is -2.21. The summed E-state index contributed by atoms with van der Waals surface area (Å²) in [5.41, 5.74) is 15.4. The second-order valence-corrected chi connectivity index (χ2v) is 7.46. The summed E-state index contributed by atoms with van der Waals surface area (Å²) in [6.07, 6.45) is 4.09. The van der Waals surface area contributed by atoms with Crippen LogP contribution >= 0.6 is 0 Å². The van der Waals surface area contributed by atoms with Crippen LogP contribution in [0.1, 0.15) is 53.8 Å². The Kier molecular flexibility index (Phi) is 5.98. The number of methoxy groups -OCH3 is 1. The lowest BCUT2D eigenvalue weighted by molar-refractivity contribution is 0.414. The number of ether oxygens (including phenoxy) is 1. The quantitative estimate of drug-likeness (QED) is 0.781. The molecule has 4 heteroatoms. The molecule has 2 N–H and O–H groups in total. The van der Waals surface area contributed by atoms with E-state index in [-0.39, 0.29) is 0 Å². The molecule has 1 aliphatic carbocycles. The van der Waals surface area contributed by atoms with Crippen LogP contribution in [0.2, 0.25) is 0 Å². The van der Waals surface area contributed by atoms with Crippen molar-refractivity contribution in [1.29, 1.82) is 0 Å². The van der Waals surface area contributed by atoms with Gasteiger partial charge in [0.25, 0.3) is 0 Å². The minimum absolute atomic E-state index is 0.695. The maximum Gasteiger partial charge on any atom is 0.119 e. The van der Waals surface area contributed by atoms with E-state index >= 15 is 0 Å². The molecular weight excluding hydrogens is 346 g/mol. The molecule has 1 saturated carbocycles. The molecule has 1 fully saturated rings. The van der Waals surface area contributed by atoms with Crippen LogP contribution in [0, 0.1) is 20.8 Å². The summed E-state index contributed by atoms with van der Waals surface area (Å²) >= 11 is 0. The molecule has 0 radical (unpaired) electrons. The van der Waals surface area contributed by atoms with Gasteiger partial charge in [-0.2, -0.15) is 0 Å². The Morgan fingerprint density at radius 3 is 2.54 bits per heavy atom. The predicted octanol–water partition coefficient (Wildman–Crippen LogP) is 5.37. The maximum absolute atomic E-state index is 6.63. The van der Waals surface area contributed by atoms with E-state index in [9.17, 15) is 0 Å². The van der Waals surface area contributed by atoms with Crippen LogP contribution in [0.15, 0.2) is 47.5 Å². The summed E-state index contributed by atoms with van der Waals surface area (Å²) in [5, 5.41) is 0. The number of allylic oxidation sites excluding steroid dienone is 1. The van der Waals surface area contributed by atoms with Crippen molar-refractivity contribution in [3.8, 4) is 5.75 Å². The highest BCUT2D eigenvalue weighted by molar-refractivity contribution is 6.08. The normalized spacial score (nSPS) is 17.5. The van der Waals surface area contributed by atoms with Gasteiger partial charge >= 0.3 is 0 Å². The molecule has 28 heavy (non-hydrogen) atoms. The van der Waals surface area contributed by atoms with Gasteiger partial charge in [-0.1, -0.05) is 6.58 Å². The highest BCUT2D eigenvalue weighted by Crippen LogP contribution is 2.30. The Balaban J connectivity index is 2.00. The molecule has 0 amide bonds. The number of nitrogens with zero attached hydrogens (tertiary/aromatic N) is 2. The summed E-state index contributed by atoms with van der Waals surface area (Å²) in [6, 6.07) is 10.1. The second kappa shape index (κ2) is 8.42. The predicted molar refractivity (Wildman–Crippen MR) is 117 cm³/mol. The number of aliphatic imine (C=N–C) groups is 1. The van der Waals surface area contributed by atoms with E-state index in [4.69, 9.17) is 15.5 Å². The van der Waals surface area contributed by atoms with Crippen molar-refractivity contribution in [1.82, 2.24) is 4.98 Å². The van der Waals surface area contributed by atoms with E-state index in [1.165, 1.54) is 0 Å². The van der Waals surface area contributed by atoms with Gasteiger partial charge < -0.3 is 10.5 Å². The van der Waals surface area contributed by atoms with Crippen LogP contribution in [0.4, 0.5) is 0 Å². The van der Waals surface area contributed by atoms with Gasteiger partial charge in [0.15, 0.2) is 0 Å². The highest BCUT2D eigenvalue weighted by atomic mass is 16.5. The maximum atomic E-state index is 6.63. The molecule has 0 bridgehead atoms. The van der Waals surface area contributed by atoms with Crippen molar-refractivity contribution in [2.75, 3.05) is 7.11 Å². The molecule has 1 aromatic carbocycles. The first kappa shape index (κ1) is 19.9. The Morgan fingerprint density at radius 2 is 1.86 bits per heavy atom. The average molecular weight is 376 g/mol. The van der Waals surface area contributed by atoms with E-state index in [0.717, 1.165) is 76.5 Å². The number of nitrogens with two attached hydrogens (primary N) is 1. The van der Waals surface area contributed by atoms with Gasteiger partial charge in [0.05, 0.1) is 18.5 Å². The number of aryl methyl sites for hydroxylation is 3. The first-order chi connectivity index (χ1) is 13.4. The van der Waals surface area contributed by atoms with Gasteiger partial charge in [-0.15, -0.1) is 0 Å². The third-order valence-corrected chi connectivity index (χ3v) is 5.15. The van der Waals surface area contributed by atoms with E-state index in [1.54, 1.807) is 7.11 Å². The molecule has 4 nitrogen and oxygen atoms in total. The Bertz CT molecular complexity index is 950. The summed E-state index contributed by atoms with van der Waals surface area (Å²) in [6.45, 7) is 10.3. The molecule has 3 rings (SSSR count). The van der Waals surface area contributed by atoms with Crippen LogP contribution in [0.3, 0.4) is 0 Å². The fourth-order valence-electron chi connectivity index (χ4n) is 3.74. The fraction of sp³-hybridized carbons (Fsp3) is 0.333. The molecule has 0 atom stereocenters. The first-order valence-corrected chi connectivity index (χ1v) is 9.75. The number of rotatable bonds is 4. The number of hydrogen-bond acceptors (Lipinski definition) is 4. The van der Waals surface area contributed by atoms with E-state index < -0.39 is 0 Å². The second-order valence-electron chi connectivity index (χ2n) is 7.46. The zero-order chi connectivity index (χ0) is 20.3. The molecule has 0 spiro atoms. The summed E-state index contributed by atoms with van der Waals surface area (Å²) in [4.78, 5) is 9.47. The summed E-state index contributed by atoms with van der Waals surface area (Å²) in [5.74, 6) is 0.839. The Hall–Kier alpha value is -2.88. The van der Waals surface area contributed by atoms with Crippen molar-refractivity contribution in [3.05, 3.63) is 70.6 Å². The molecule has 0 saturated heterocycles. The molecule has 0 aliphatic heterocycles. The third-order valence-electron chi connectivity index (χ3n) is 5.15. The monoisotopic (exact) mass is 375 g/mol. The van der Waals surface area contributed by atoms with Crippen LogP contribution in [-0.2, 0) is 0 Å². The van der Waals surface area contributed by atoms with Gasteiger partial charge in [-0.25, -0.2) is 0 Å². The van der Waals surface area contributed by atoms with E-state index in [2.05, 4.69) is 31.5 Å². The van der Waals surface area contributed by atoms with E-state index in [0.29, 0.717) is 5.70 Å². The third kappa shape index (κ3) is 4.33. The minimum Gasteiger partial charge on any atom is -0.497 e. The van der Waals surface area contributed by atoms with Crippen molar-refractivity contribution < 1.29 is 4.74 Å². The smallest absolute Gasteiger partial charge is 0.119 e. The van der Waals surface area contributed by atoms with Crippen molar-refractivity contribution in [2.24, 2.45) is 10.7 Å². The van der Waals surface area contributed by atoms with Gasteiger partial charge in [0.2, 0.25) is 0 Å². The zero-order valence-corrected chi connectivity index (χ0v) is 17.3. The van der Waals surface area contributed by atoms with Gasteiger partial charge in [0, 0.05) is 22.7 Å². The standard InChI is InChI=1S/C24H29N3O/c1-15-12-17(3)26-23(13-15)18(4)27-22-9-7-6-8-21(22)24(25)20-11-10-19(28-5)14-16(20)2/h10-14H,4,6-9,25H2,1-3,5H3/b24-21-,27-22?. The SMILES string of the molecule is C=C(N=C1CCCC/C1=C(/N)c1ccc(OC)cc1C)c1cc(C)cc(C)n1. The Labute approximate surface area is 167 Å². The lowest BCUT2D eigenvalue weighted by Crippen LogP contribution is -2.15. The molecule has 1 heterocycles. The first-order valence-electron chi connectivity index (χ1n) is 9.75. The highest BCUT2D eigenvalue weighted by Gasteiger charge is 2.19. The summed E-state index contributed by atoms with van der Waals surface area (Å²) in [7, 11) is 1.68. The zero-order valence-electron chi connectivity index (χ0n) is 17.3. The molecule has 1 aromatic heterocycles. The van der Waals surface area contributed by atoms with Crippen molar-refractivity contribution in [3.63, 3.8) is 0 Å². The average Bonchev–Trinajstić information content (AvgIpc) is 2.67. The van der Waals surface area contributed by atoms with Crippen LogP contribution in [0.25, 0.3) is 11.4 Å². The van der Waals surface area contributed by atoms with Gasteiger partial charge in [-0.3, -0.25) is 9.98 Å². The van der Waals surface area contributed by atoms with Crippen molar-refractivity contribution >= 4 is 17.1 Å². The molecule has 146 valence electrons. The topological polar surface area (TPSA) is 60.5 Å². The Morgan fingerprint density at radius 1 is 1.11 bits per heavy atom. The van der Waals surface area contributed by atoms with Crippen LogP contribution in [-0.4, -0.2) is 17.8 Å². The largest absolute Gasteiger partial charge is 0.497 e. The van der Waals surface area contributed by atoms with E-state index in [1.807, 2.05) is 31.2 Å². The molecule has 1 aliphatic rings. The van der Waals surface area contributed by atoms with Crippen molar-refractivity contribution in [2.45, 2.75) is 46.5 Å². The minimum atomic E-state index is 0.695. The van der Waals surface area contributed by atoms with Crippen LogP contribution < -0.4 is 10.5 Å². The molecule has 2 aromatic rings. The number of aromatic nitrogens is 1. The number of pyridine rings is 1. The lowest BCUT2D eigenvalue weighted by atomic mass is 9.88. The number of hydrogen-bond donors (Lipinski definition) is 1. The van der Waals surface area contributed by atoms with Crippen LogP contribution in [0.5, 0.6) is 5.75 Å². The molecule has 0 unspecified atom stereocenters. The fourth-order valence-corrected chi connectivity index (χ4v) is 3.74. The van der Waals surface area contributed by atoms with Gasteiger partial charge in [-0.05, 0) is 93.5 Å². The summed E-state index contributed by atoms with van der Waals surface area (Å²) < 4.78 is 5.32.